The first kappa shape index (κ1) is 13.5. The molecule has 0 amide bonds. The van der Waals surface area contributed by atoms with Crippen LogP contribution in [0, 0.1) is 5.92 Å². The Bertz CT molecular complexity index is 413. The highest BCUT2D eigenvalue weighted by Gasteiger charge is 2.29. The number of carbonyl (C=O) groups excluding carboxylic acids is 1. The van der Waals surface area contributed by atoms with E-state index < -0.39 is 11.7 Å². The smallest absolute Gasteiger partial charge is 0.298 e. The van der Waals surface area contributed by atoms with E-state index in [4.69, 9.17) is 0 Å². The van der Waals surface area contributed by atoms with Crippen LogP contribution in [-0.4, -0.2) is 6.29 Å². The van der Waals surface area contributed by atoms with Gasteiger partial charge in [0.25, 0.3) is 0 Å². The highest BCUT2D eigenvalue weighted by molar-refractivity contribution is 5.82. The normalized spacial score (nSPS) is 12.9. The number of allylic oxidation sites excluding steroid dienone is 1. The fraction of sp³-hybridized carbons (Fsp3) is 0.308. The van der Waals surface area contributed by atoms with Crippen LogP contribution in [0.4, 0.5) is 13.2 Å². The molecule has 17 heavy (non-hydrogen) atoms. The van der Waals surface area contributed by atoms with E-state index in [9.17, 15) is 18.0 Å². The summed E-state index contributed by atoms with van der Waals surface area (Å²) in [4.78, 5) is 10.7. The Balaban J connectivity index is 2.99. The lowest BCUT2D eigenvalue weighted by Crippen LogP contribution is -2.04. The van der Waals surface area contributed by atoms with E-state index in [0.29, 0.717) is 11.1 Å². The van der Waals surface area contributed by atoms with Crippen molar-refractivity contribution < 1.29 is 18.0 Å². The molecule has 0 unspecified atom stereocenters. The third-order valence-electron chi connectivity index (χ3n) is 2.37. The molecule has 0 saturated heterocycles. The summed E-state index contributed by atoms with van der Waals surface area (Å²) in [5.41, 5.74) is 0.463. The number of carbonyl (C=O) groups is 1. The van der Waals surface area contributed by atoms with E-state index in [1.165, 1.54) is 12.1 Å². The van der Waals surface area contributed by atoms with Gasteiger partial charge in [-0.2, -0.15) is 13.2 Å². The summed E-state index contributed by atoms with van der Waals surface area (Å²) in [6.45, 7) is 3.70. The van der Waals surface area contributed by atoms with Gasteiger partial charge in [-0.05, 0) is 35.3 Å². The highest BCUT2D eigenvalue weighted by atomic mass is 19.4. The lowest BCUT2D eigenvalue weighted by molar-refractivity contribution is -0.137. The second kappa shape index (κ2) is 5.17. The van der Waals surface area contributed by atoms with Gasteiger partial charge in [0.15, 0.2) is 0 Å². The van der Waals surface area contributed by atoms with Crippen LogP contribution in [0.1, 0.15) is 25.0 Å². The number of hydrogen-bond donors (Lipinski definition) is 0. The molecular weight excluding hydrogens is 229 g/mol. The minimum absolute atomic E-state index is 0.0507. The summed E-state index contributed by atoms with van der Waals surface area (Å²) in [7, 11) is 0. The van der Waals surface area contributed by atoms with Crippen molar-refractivity contribution in [2.75, 3.05) is 0 Å². The van der Waals surface area contributed by atoms with Crippen LogP contribution in [-0.2, 0) is 11.0 Å². The van der Waals surface area contributed by atoms with E-state index in [1.807, 2.05) is 13.8 Å². The second-order valence-corrected chi connectivity index (χ2v) is 4.04. The monoisotopic (exact) mass is 242 g/mol. The SMILES string of the molecule is CC(C)C(C=O)=Cc1ccc(C(F)(F)F)cc1. The molecule has 0 atom stereocenters. The van der Waals surface area contributed by atoms with Crippen LogP contribution in [0.3, 0.4) is 0 Å². The number of hydrogen-bond acceptors (Lipinski definition) is 1. The second-order valence-electron chi connectivity index (χ2n) is 4.04. The minimum atomic E-state index is -4.33. The quantitative estimate of drug-likeness (QED) is 0.579. The average molecular weight is 242 g/mol. The van der Waals surface area contributed by atoms with Crippen molar-refractivity contribution in [3.63, 3.8) is 0 Å². The molecule has 0 fully saturated rings. The largest absolute Gasteiger partial charge is 0.416 e. The standard InChI is InChI=1S/C13H13F3O/c1-9(2)11(8-17)7-10-3-5-12(6-4-10)13(14,15)16/h3-9H,1-2H3. The van der Waals surface area contributed by atoms with E-state index in [2.05, 4.69) is 0 Å². The Morgan fingerprint density at radius 1 is 1.18 bits per heavy atom. The number of alkyl halides is 3. The number of benzene rings is 1. The molecular formula is C13H13F3O. The van der Waals surface area contributed by atoms with Gasteiger partial charge in [-0.1, -0.05) is 26.0 Å². The minimum Gasteiger partial charge on any atom is -0.298 e. The van der Waals surface area contributed by atoms with Crippen molar-refractivity contribution in [1.82, 2.24) is 0 Å². The van der Waals surface area contributed by atoms with Gasteiger partial charge in [-0.3, -0.25) is 4.79 Å². The van der Waals surface area contributed by atoms with Crippen LogP contribution < -0.4 is 0 Å². The summed E-state index contributed by atoms with van der Waals surface area (Å²) in [5, 5.41) is 0. The molecule has 0 aromatic heterocycles. The molecule has 0 heterocycles. The first-order valence-electron chi connectivity index (χ1n) is 5.18. The maximum absolute atomic E-state index is 12.3. The molecule has 4 heteroatoms. The zero-order valence-corrected chi connectivity index (χ0v) is 9.58. The predicted octanol–water partition coefficient (Wildman–Crippen LogP) is 3.94. The third kappa shape index (κ3) is 3.73. The van der Waals surface area contributed by atoms with Crippen molar-refractivity contribution >= 4 is 12.4 Å². The molecule has 0 radical (unpaired) electrons. The van der Waals surface area contributed by atoms with Crippen molar-refractivity contribution in [3.05, 3.63) is 41.0 Å². The fourth-order valence-corrected chi connectivity index (χ4v) is 1.30. The first-order valence-corrected chi connectivity index (χ1v) is 5.18. The van der Waals surface area contributed by atoms with Gasteiger partial charge in [0.2, 0.25) is 0 Å². The molecule has 1 rings (SSSR count). The van der Waals surface area contributed by atoms with Gasteiger partial charge >= 0.3 is 6.18 Å². The molecule has 0 aliphatic carbocycles. The summed E-state index contributed by atoms with van der Waals surface area (Å²) in [5.74, 6) is 0.0507. The lowest BCUT2D eigenvalue weighted by Gasteiger charge is -2.07. The lowest BCUT2D eigenvalue weighted by atomic mass is 10.0. The van der Waals surface area contributed by atoms with Gasteiger partial charge in [0, 0.05) is 0 Å². The molecule has 1 nitrogen and oxygen atoms in total. The predicted molar refractivity (Wildman–Crippen MR) is 60.3 cm³/mol. The van der Waals surface area contributed by atoms with Gasteiger partial charge in [0.05, 0.1) is 5.56 Å². The molecule has 1 aromatic rings. The zero-order chi connectivity index (χ0) is 13.1. The fourth-order valence-electron chi connectivity index (χ4n) is 1.30. The molecule has 0 aliphatic heterocycles. The van der Waals surface area contributed by atoms with Crippen molar-refractivity contribution in [3.8, 4) is 0 Å². The van der Waals surface area contributed by atoms with Crippen LogP contribution in [0.15, 0.2) is 29.8 Å². The summed E-state index contributed by atoms with van der Waals surface area (Å²) < 4.78 is 36.9. The first-order chi connectivity index (χ1) is 7.84. The maximum Gasteiger partial charge on any atom is 0.416 e. The Labute approximate surface area is 98.0 Å². The van der Waals surface area contributed by atoms with Crippen molar-refractivity contribution in [2.45, 2.75) is 20.0 Å². The number of aldehydes is 1. The third-order valence-corrected chi connectivity index (χ3v) is 2.37. The van der Waals surface area contributed by atoms with Crippen LogP contribution >= 0.6 is 0 Å². The molecule has 0 spiro atoms. The summed E-state index contributed by atoms with van der Waals surface area (Å²) >= 11 is 0. The van der Waals surface area contributed by atoms with Crippen molar-refractivity contribution in [2.24, 2.45) is 5.92 Å². The molecule has 0 aliphatic rings. The van der Waals surface area contributed by atoms with E-state index >= 15 is 0 Å². The van der Waals surface area contributed by atoms with Crippen LogP contribution in [0.25, 0.3) is 6.08 Å². The topological polar surface area (TPSA) is 17.1 Å². The zero-order valence-electron chi connectivity index (χ0n) is 9.58. The molecule has 0 saturated carbocycles. The van der Waals surface area contributed by atoms with Gasteiger partial charge in [-0.15, -0.1) is 0 Å². The highest BCUT2D eigenvalue weighted by Crippen LogP contribution is 2.29. The Morgan fingerprint density at radius 2 is 1.71 bits per heavy atom. The number of halogens is 3. The average Bonchev–Trinajstić information content (AvgIpc) is 2.25. The van der Waals surface area contributed by atoms with E-state index in [1.54, 1.807) is 6.08 Å². The number of rotatable bonds is 3. The Hall–Kier alpha value is -1.58. The summed E-state index contributed by atoms with van der Waals surface area (Å²) in [6.07, 6.45) is -2.01. The molecule has 92 valence electrons. The molecule has 0 bridgehead atoms. The Morgan fingerprint density at radius 3 is 2.06 bits per heavy atom. The maximum atomic E-state index is 12.3. The van der Waals surface area contributed by atoms with Crippen LogP contribution in [0.2, 0.25) is 0 Å². The van der Waals surface area contributed by atoms with Gasteiger partial charge < -0.3 is 0 Å². The van der Waals surface area contributed by atoms with Gasteiger partial charge in [0.1, 0.15) is 6.29 Å². The van der Waals surface area contributed by atoms with E-state index in [0.717, 1.165) is 18.4 Å². The summed E-state index contributed by atoms with van der Waals surface area (Å²) in [6, 6.07) is 4.73. The van der Waals surface area contributed by atoms with Crippen LogP contribution in [0.5, 0.6) is 0 Å². The van der Waals surface area contributed by atoms with Gasteiger partial charge in [-0.25, -0.2) is 0 Å². The Kier molecular flexibility index (Phi) is 4.10. The van der Waals surface area contributed by atoms with E-state index in [-0.39, 0.29) is 5.92 Å². The molecule has 1 aromatic carbocycles. The van der Waals surface area contributed by atoms with Crippen molar-refractivity contribution in [1.29, 1.82) is 0 Å². The molecule has 0 N–H and O–H groups in total.